The van der Waals surface area contributed by atoms with Crippen molar-refractivity contribution in [3.8, 4) is 0 Å². The highest BCUT2D eigenvalue weighted by molar-refractivity contribution is 7.99. The first kappa shape index (κ1) is 14.0. The van der Waals surface area contributed by atoms with E-state index in [2.05, 4.69) is 55.3 Å². The molecule has 1 nitrogen and oxygen atoms in total. The highest BCUT2D eigenvalue weighted by Gasteiger charge is 2.18. The molecule has 1 saturated heterocycles. The molecule has 1 heterocycles. The molecule has 100 valence electrons. The third kappa shape index (κ3) is 4.03. The highest BCUT2D eigenvalue weighted by atomic mass is 32.2. The van der Waals surface area contributed by atoms with Crippen LogP contribution in [-0.2, 0) is 6.42 Å². The first-order chi connectivity index (χ1) is 8.79. The van der Waals surface area contributed by atoms with Crippen LogP contribution in [0.1, 0.15) is 30.4 Å². The molecule has 2 rings (SSSR count). The summed E-state index contributed by atoms with van der Waals surface area (Å²) in [6, 6.07) is 9.42. The zero-order chi connectivity index (χ0) is 12.8. The number of nitrogens with one attached hydrogen (secondary N) is 1. The second-order valence-electron chi connectivity index (χ2n) is 5.41. The molecule has 1 aromatic rings. The Bertz CT molecular complexity index is 358. The minimum absolute atomic E-state index is 0.638. The number of thioether (sulfide) groups is 1. The second kappa shape index (κ2) is 7.20. The zero-order valence-corrected chi connectivity index (χ0v) is 12.4. The third-order valence-corrected chi connectivity index (χ3v) is 5.14. The maximum atomic E-state index is 3.52. The fourth-order valence-corrected chi connectivity index (χ4v) is 4.00. The Balaban J connectivity index is 1.90. The molecule has 0 spiro atoms. The number of rotatable bonds is 5. The topological polar surface area (TPSA) is 12.0 Å². The van der Waals surface area contributed by atoms with Crippen LogP contribution >= 0.6 is 11.8 Å². The number of hydrogen-bond donors (Lipinski definition) is 1. The van der Waals surface area contributed by atoms with E-state index < -0.39 is 0 Å². The lowest BCUT2D eigenvalue weighted by Crippen LogP contribution is -2.31. The average Bonchev–Trinajstić information content (AvgIpc) is 2.41. The molecule has 0 aromatic heterocycles. The number of hydrogen-bond acceptors (Lipinski definition) is 2. The van der Waals surface area contributed by atoms with Gasteiger partial charge in [-0.1, -0.05) is 24.3 Å². The van der Waals surface area contributed by atoms with Crippen molar-refractivity contribution < 1.29 is 0 Å². The summed E-state index contributed by atoms with van der Waals surface area (Å²) in [6.07, 6.45) is 5.34. The van der Waals surface area contributed by atoms with Crippen LogP contribution in [0.4, 0.5) is 0 Å². The van der Waals surface area contributed by atoms with Crippen molar-refractivity contribution in [3.63, 3.8) is 0 Å². The normalized spacial score (nSPS) is 18.8. The lowest BCUT2D eigenvalue weighted by molar-refractivity contribution is 0.376. The molecule has 2 heteroatoms. The van der Waals surface area contributed by atoms with Crippen LogP contribution in [0.25, 0.3) is 0 Å². The Labute approximate surface area is 116 Å². The number of likely N-dealkylation sites (N-methyl/N-ethyl adjacent to an activating group) is 1. The van der Waals surface area contributed by atoms with Gasteiger partial charge in [0.05, 0.1) is 0 Å². The molecular weight excluding hydrogens is 238 g/mol. The van der Waals surface area contributed by atoms with Gasteiger partial charge >= 0.3 is 0 Å². The molecule has 1 atom stereocenters. The van der Waals surface area contributed by atoms with Crippen LogP contribution in [0.2, 0.25) is 0 Å². The van der Waals surface area contributed by atoms with Crippen LogP contribution in [0.15, 0.2) is 24.3 Å². The molecule has 1 aromatic carbocycles. The lowest BCUT2D eigenvalue weighted by Gasteiger charge is -2.26. The quantitative estimate of drug-likeness (QED) is 0.870. The van der Waals surface area contributed by atoms with Crippen molar-refractivity contribution in [2.75, 3.05) is 18.6 Å². The van der Waals surface area contributed by atoms with Gasteiger partial charge in [-0.2, -0.15) is 11.8 Å². The Morgan fingerprint density at radius 2 is 2.00 bits per heavy atom. The van der Waals surface area contributed by atoms with Gasteiger partial charge in [0, 0.05) is 6.04 Å². The van der Waals surface area contributed by atoms with E-state index in [4.69, 9.17) is 0 Å². The number of aryl methyl sites for hydroxylation is 1. The summed E-state index contributed by atoms with van der Waals surface area (Å²) in [6.45, 7) is 2.22. The van der Waals surface area contributed by atoms with Crippen molar-refractivity contribution >= 4 is 11.8 Å². The largest absolute Gasteiger partial charge is 0.317 e. The summed E-state index contributed by atoms with van der Waals surface area (Å²) in [7, 11) is 2.11. The van der Waals surface area contributed by atoms with Gasteiger partial charge in [-0.3, -0.25) is 0 Å². The van der Waals surface area contributed by atoms with Crippen LogP contribution < -0.4 is 5.32 Å². The van der Waals surface area contributed by atoms with Crippen molar-refractivity contribution in [2.24, 2.45) is 5.92 Å². The molecule has 0 saturated carbocycles. The molecule has 1 N–H and O–H groups in total. The van der Waals surface area contributed by atoms with E-state index in [1.165, 1.54) is 48.3 Å². The molecule has 1 unspecified atom stereocenters. The van der Waals surface area contributed by atoms with Gasteiger partial charge in [0.1, 0.15) is 0 Å². The first-order valence-electron chi connectivity index (χ1n) is 7.09. The van der Waals surface area contributed by atoms with Crippen molar-refractivity contribution in [1.29, 1.82) is 0 Å². The third-order valence-electron chi connectivity index (χ3n) is 4.09. The molecule has 1 aliphatic rings. The fraction of sp³-hybridized carbons (Fsp3) is 0.625. The Morgan fingerprint density at radius 1 is 1.28 bits per heavy atom. The SMILES string of the molecule is CNC(Cc1ccccc1C)CC1CCSCC1. The molecule has 18 heavy (non-hydrogen) atoms. The van der Waals surface area contributed by atoms with Crippen LogP contribution in [0.3, 0.4) is 0 Å². The van der Waals surface area contributed by atoms with Gasteiger partial charge in [0.2, 0.25) is 0 Å². The Kier molecular flexibility index (Phi) is 5.58. The Hall–Kier alpha value is -0.470. The van der Waals surface area contributed by atoms with Gasteiger partial charge in [-0.05, 0) is 68.2 Å². The molecule has 0 bridgehead atoms. The van der Waals surface area contributed by atoms with Gasteiger partial charge < -0.3 is 5.32 Å². The second-order valence-corrected chi connectivity index (χ2v) is 6.63. The molecule has 0 radical (unpaired) electrons. The van der Waals surface area contributed by atoms with Gasteiger partial charge in [-0.25, -0.2) is 0 Å². The first-order valence-corrected chi connectivity index (χ1v) is 8.24. The predicted octanol–water partition coefficient (Wildman–Crippen LogP) is 3.66. The molecule has 1 fully saturated rings. The van der Waals surface area contributed by atoms with E-state index in [1.54, 1.807) is 0 Å². The Morgan fingerprint density at radius 3 is 2.67 bits per heavy atom. The van der Waals surface area contributed by atoms with Gasteiger partial charge in [-0.15, -0.1) is 0 Å². The highest BCUT2D eigenvalue weighted by Crippen LogP contribution is 2.27. The summed E-state index contributed by atoms with van der Waals surface area (Å²) < 4.78 is 0. The van der Waals surface area contributed by atoms with Gasteiger partial charge in [0.25, 0.3) is 0 Å². The zero-order valence-electron chi connectivity index (χ0n) is 11.6. The summed E-state index contributed by atoms with van der Waals surface area (Å²) in [5, 5.41) is 3.52. The summed E-state index contributed by atoms with van der Waals surface area (Å²) in [5.41, 5.74) is 2.93. The molecule has 1 aliphatic heterocycles. The predicted molar refractivity (Wildman–Crippen MR) is 82.4 cm³/mol. The molecular formula is C16H25NS. The lowest BCUT2D eigenvalue weighted by atomic mass is 9.90. The van der Waals surface area contributed by atoms with Crippen molar-refractivity contribution in [1.82, 2.24) is 5.32 Å². The van der Waals surface area contributed by atoms with Crippen LogP contribution in [0, 0.1) is 12.8 Å². The van der Waals surface area contributed by atoms with E-state index in [1.807, 2.05) is 0 Å². The minimum Gasteiger partial charge on any atom is -0.317 e. The molecule has 0 amide bonds. The smallest absolute Gasteiger partial charge is 0.0107 e. The van der Waals surface area contributed by atoms with E-state index in [9.17, 15) is 0 Å². The fourth-order valence-electron chi connectivity index (χ4n) is 2.79. The molecule has 0 aliphatic carbocycles. The summed E-state index contributed by atoms with van der Waals surface area (Å²) in [4.78, 5) is 0. The maximum absolute atomic E-state index is 3.52. The standard InChI is InChI=1S/C16H25NS/c1-13-5-3-4-6-15(13)12-16(17-2)11-14-7-9-18-10-8-14/h3-6,14,16-17H,7-12H2,1-2H3. The summed E-state index contributed by atoms with van der Waals surface area (Å²) in [5.74, 6) is 3.67. The monoisotopic (exact) mass is 263 g/mol. The van der Waals surface area contributed by atoms with E-state index >= 15 is 0 Å². The van der Waals surface area contributed by atoms with E-state index in [-0.39, 0.29) is 0 Å². The number of benzene rings is 1. The van der Waals surface area contributed by atoms with Crippen molar-refractivity contribution in [3.05, 3.63) is 35.4 Å². The average molecular weight is 263 g/mol. The van der Waals surface area contributed by atoms with Crippen LogP contribution in [0.5, 0.6) is 0 Å². The summed E-state index contributed by atoms with van der Waals surface area (Å²) >= 11 is 2.12. The van der Waals surface area contributed by atoms with Crippen molar-refractivity contribution in [2.45, 2.75) is 38.6 Å². The van der Waals surface area contributed by atoms with Crippen LogP contribution in [-0.4, -0.2) is 24.6 Å². The van der Waals surface area contributed by atoms with Gasteiger partial charge in [0.15, 0.2) is 0 Å². The maximum Gasteiger partial charge on any atom is 0.0107 e. The van der Waals surface area contributed by atoms with E-state index in [0.717, 1.165) is 5.92 Å². The van der Waals surface area contributed by atoms with E-state index in [0.29, 0.717) is 6.04 Å². The minimum atomic E-state index is 0.638.